The van der Waals surface area contributed by atoms with Crippen LogP contribution in [0.4, 0.5) is 0 Å². The van der Waals surface area contributed by atoms with E-state index >= 15 is 0 Å². The van der Waals surface area contributed by atoms with E-state index in [0.717, 1.165) is 12.8 Å². The number of allylic oxidation sites excluding steroid dienone is 1. The van der Waals surface area contributed by atoms with Gasteiger partial charge in [0.15, 0.2) is 0 Å². The van der Waals surface area contributed by atoms with E-state index in [-0.39, 0.29) is 0 Å². The third kappa shape index (κ3) is 3.05. The number of aliphatic carboxylic acids is 1. The molecule has 0 heterocycles. The summed E-state index contributed by atoms with van der Waals surface area (Å²) in [5, 5.41) is 8.96. The first-order valence-corrected chi connectivity index (χ1v) is 5.23. The average Bonchev–Trinajstić information content (AvgIpc) is 2.15. The minimum Gasteiger partial charge on any atom is -0.477 e. The SMILES string of the molecule is CN(C)/C(=C/C1CCCCC1)C(=O)O. The van der Waals surface area contributed by atoms with Crippen LogP contribution in [0, 0.1) is 5.92 Å². The maximum Gasteiger partial charge on any atom is 0.351 e. The zero-order valence-electron chi connectivity index (χ0n) is 8.99. The molecule has 3 nitrogen and oxygen atoms in total. The van der Waals surface area contributed by atoms with Crippen LogP contribution in [0.2, 0.25) is 0 Å². The largest absolute Gasteiger partial charge is 0.477 e. The van der Waals surface area contributed by atoms with E-state index in [1.54, 1.807) is 19.0 Å². The lowest BCUT2D eigenvalue weighted by Crippen LogP contribution is -2.20. The zero-order valence-corrected chi connectivity index (χ0v) is 8.99. The van der Waals surface area contributed by atoms with Gasteiger partial charge in [-0.1, -0.05) is 25.3 Å². The van der Waals surface area contributed by atoms with Gasteiger partial charge in [0.05, 0.1) is 0 Å². The van der Waals surface area contributed by atoms with Crippen molar-refractivity contribution in [2.45, 2.75) is 32.1 Å². The summed E-state index contributed by atoms with van der Waals surface area (Å²) in [5.41, 5.74) is 0.428. The van der Waals surface area contributed by atoms with Crippen molar-refractivity contribution in [3.63, 3.8) is 0 Å². The van der Waals surface area contributed by atoms with Gasteiger partial charge in [-0.25, -0.2) is 4.79 Å². The van der Waals surface area contributed by atoms with Crippen LogP contribution >= 0.6 is 0 Å². The van der Waals surface area contributed by atoms with Gasteiger partial charge in [0.1, 0.15) is 5.70 Å². The third-order valence-electron chi connectivity index (χ3n) is 2.74. The fraction of sp³-hybridized carbons (Fsp3) is 0.727. The number of carboxylic acid groups (broad SMARTS) is 1. The summed E-state index contributed by atoms with van der Waals surface area (Å²) < 4.78 is 0. The lowest BCUT2D eigenvalue weighted by atomic mass is 9.88. The van der Waals surface area contributed by atoms with E-state index in [0.29, 0.717) is 11.6 Å². The Balaban J connectivity index is 2.65. The highest BCUT2D eigenvalue weighted by molar-refractivity contribution is 5.85. The Morgan fingerprint density at radius 1 is 1.29 bits per heavy atom. The molecule has 0 atom stereocenters. The van der Waals surface area contributed by atoms with Crippen LogP contribution in [0.25, 0.3) is 0 Å². The molecule has 1 fully saturated rings. The Hall–Kier alpha value is -0.990. The standard InChI is InChI=1S/C11H19NO2/c1-12(2)10(11(13)14)8-9-6-4-3-5-7-9/h8-9H,3-7H2,1-2H3,(H,13,14)/b10-8+. The molecule has 1 aliphatic rings. The number of hydrogen-bond acceptors (Lipinski definition) is 2. The molecule has 0 amide bonds. The average molecular weight is 197 g/mol. The second-order valence-electron chi connectivity index (χ2n) is 4.15. The maximum absolute atomic E-state index is 10.9. The molecule has 1 aliphatic carbocycles. The summed E-state index contributed by atoms with van der Waals surface area (Å²) >= 11 is 0. The lowest BCUT2D eigenvalue weighted by Gasteiger charge is -2.21. The predicted octanol–water partition coefficient (Wildman–Crippen LogP) is 2.10. The molecule has 0 saturated heterocycles. The van der Waals surface area contributed by atoms with Crippen LogP contribution in [0.3, 0.4) is 0 Å². The van der Waals surface area contributed by atoms with E-state index in [4.69, 9.17) is 5.11 Å². The van der Waals surface area contributed by atoms with E-state index in [9.17, 15) is 4.79 Å². The fourth-order valence-corrected chi connectivity index (χ4v) is 1.94. The molecule has 0 aromatic carbocycles. The van der Waals surface area contributed by atoms with Gasteiger partial charge in [0.25, 0.3) is 0 Å². The topological polar surface area (TPSA) is 40.5 Å². The van der Waals surface area contributed by atoms with Crippen molar-refractivity contribution in [1.29, 1.82) is 0 Å². The molecular formula is C11H19NO2. The highest BCUT2D eigenvalue weighted by Crippen LogP contribution is 2.25. The fourth-order valence-electron chi connectivity index (χ4n) is 1.94. The smallest absolute Gasteiger partial charge is 0.351 e. The van der Waals surface area contributed by atoms with Crippen LogP contribution in [0.5, 0.6) is 0 Å². The Bertz CT molecular complexity index is 227. The van der Waals surface area contributed by atoms with Gasteiger partial charge >= 0.3 is 5.97 Å². The first-order valence-electron chi connectivity index (χ1n) is 5.23. The number of rotatable bonds is 3. The van der Waals surface area contributed by atoms with Crippen LogP contribution < -0.4 is 0 Å². The molecular weight excluding hydrogens is 178 g/mol. The van der Waals surface area contributed by atoms with Crippen molar-refractivity contribution in [3.8, 4) is 0 Å². The molecule has 0 aliphatic heterocycles. The molecule has 0 spiro atoms. The number of likely N-dealkylation sites (N-methyl/N-ethyl adjacent to an activating group) is 1. The van der Waals surface area contributed by atoms with Gasteiger partial charge in [-0.15, -0.1) is 0 Å². The molecule has 1 rings (SSSR count). The first-order chi connectivity index (χ1) is 6.61. The maximum atomic E-state index is 10.9. The highest BCUT2D eigenvalue weighted by atomic mass is 16.4. The Labute approximate surface area is 85.4 Å². The van der Waals surface area contributed by atoms with Crippen molar-refractivity contribution in [3.05, 3.63) is 11.8 Å². The van der Waals surface area contributed by atoms with E-state index in [1.165, 1.54) is 19.3 Å². The normalized spacial score (nSPS) is 19.4. The van der Waals surface area contributed by atoms with Crippen LogP contribution in [-0.2, 0) is 4.79 Å². The predicted molar refractivity (Wildman–Crippen MR) is 56.0 cm³/mol. The molecule has 0 bridgehead atoms. The summed E-state index contributed by atoms with van der Waals surface area (Å²) in [4.78, 5) is 12.6. The van der Waals surface area contributed by atoms with Crippen molar-refractivity contribution in [2.75, 3.05) is 14.1 Å². The van der Waals surface area contributed by atoms with Crippen molar-refractivity contribution < 1.29 is 9.90 Å². The van der Waals surface area contributed by atoms with Gasteiger partial charge < -0.3 is 10.0 Å². The van der Waals surface area contributed by atoms with Gasteiger partial charge in [0.2, 0.25) is 0 Å². The summed E-state index contributed by atoms with van der Waals surface area (Å²) in [6, 6.07) is 0. The van der Waals surface area contributed by atoms with Gasteiger partial charge in [-0.3, -0.25) is 0 Å². The number of carbonyl (C=O) groups is 1. The summed E-state index contributed by atoms with van der Waals surface area (Å²) in [7, 11) is 3.56. The number of hydrogen-bond donors (Lipinski definition) is 1. The summed E-state index contributed by atoms with van der Waals surface area (Å²) in [6.45, 7) is 0. The van der Waals surface area contributed by atoms with E-state index < -0.39 is 5.97 Å². The Morgan fingerprint density at radius 2 is 1.86 bits per heavy atom. The van der Waals surface area contributed by atoms with Crippen molar-refractivity contribution >= 4 is 5.97 Å². The van der Waals surface area contributed by atoms with Crippen molar-refractivity contribution in [2.24, 2.45) is 5.92 Å². The zero-order chi connectivity index (χ0) is 10.6. The second-order valence-corrected chi connectivity index (χ2v) is 4.15. The van der Waals surface area contributed by atoms with Gasteiger partial charge in [0, 0.05) is 14.1 Å². The summed E-state index contributed by atoms with van der Waals surface area (Å²) in [5.74, 6) is -0.349. The molecule has 0 aromatic rings. The van der Waals surface area contributed by atoms with Crippen LogP contribution in [-0.4, -0.2) is 30.1 Å². The molecule has 80 valence electrons. The minimum absolute atomic E-state index is 0.428. The summed E-state index contributed by atoms with van der Waals surface area (Å²) in [6.07, 6.45) is 7.98. The molecule has 0 unspecified atom stereocenters. The van der Waals surface area contributed by atoms with Crippen molar-refractivity contribution in [1.82, 2.24) is 4.90 Å². The molecule has 1 N–H and O–H groups in total. The van der Waals surface area contributed by atoms with Crippen LogP contribution in [0.1, 0.15) is 32.1 Å². The monoisotopic (exact) mass is 197 g/mol. The quantitative estimate of drug-likeness (QED) is 0.704. The van der Waals surface area contributed by atoms with Crippen LogP contribution in [0.15, 0.2) is 11.8 Å². The van der Waals surface area contributed by atoms with E-state index in [1.807, 2.05) is 6.08 Å². The van der Waals surface area contributed by atoms with E-state index in [2.05, 4.69) is 0 Å². The molecule has 0 radical (unpaired) electrons. The molecule has 3 heteroatoms. The molecule has 0 aromatic heterocycles. The highest BCUT2D eigenvalue weighted by Gasteiger charge is 2.16. The second kappa shape index (κ2) is 5.03. The minimum atomic E-state index is -0.819. The molecule has 14 heavy (non-hydrogen) atoms. The molecule has 1 saturated carbocycles. The van der Waals surface area contributed by atoms with Gasteiger partial charge in [-0.2, -0.15) is 0 Å². The third-order valence-corrected chi connectivity index (χ3v) is 2.74. The Morgan fingerprint density at radius 3 is 2.29 bits per heavy atom. The number of nitrogens with zero attached hydrogens (tertiary/aromatic N) is 1. The first kappa shape index (κ1) is 11.1. The number of carboxylic acids is 1. The van der Waals surface area contributed by atoms with Gasteiger partial charge in [-0.05, 0) is 18.8 Å². The Kier molecular flexibility index (Phi) is 3.98. The lowest BCUT2D eigenvalue weighted by molar-refractivity contribution is -0.134.